The molecule has 0 N–H and O–H groups in total. The zero-order valence-corrected chi connectivity index (χ0v) is 20.5. The van der Waals surface area contributed by atoms with Crippen molar-refractivity contribution >= 4 is 34.2 Å². The van der Waals surface area contributed by atoms with Crippen molar-refractivity contribution in [3.05, 3.63) is 57.6 Å². The fraction of sp³-hybridized carbons (Fsp3) is 0.417. The molecule has 0 aliphatic heterocycles. The average Bonchev–Trinajstić information content (AvgIpc) is 3.35. The quantitative estimate of drug-likeness (QED) is 0.273. The average molecular weight is 468 g/mol. The molecule has 0 aliphatic rings. The number of thioether (sulfide) groups is 1. The summed E-state index contributed by atoms with van der Waals surface area (Å²) in [5.74, 6) is 0.763. The molecule has 0 saturated heterocycles. The lowest BCUT2D eigenvalue weighted by Gasteiger charge is -2.17. The molecule has 0 amide bonds. The van der Waals surface area contributed by atoms with Crippen LogP contribution < -0.4 is 5.56 Å². The van der Waals surface area contributed by atoms with Gasteiger partial charge in [0, 0.05) is 30.6 Å². The van der Waals surface area contributed by atoms with Crippen molar-refractivity contribution in [2.24, 2.45) is 0 Å². The number of rotatable bonds is 9. The molecular formula is C24H29N5O3S. The minimum absolute atomic E-state index is 0.0342. The highest BCUT2D eigenvalue weighted by Gasteiger charge is 2.21. The maximum Gasteiger partial charge on any atom is 0.262 e. The number of ketones is 1. The van der Waals surface area contributed by atoms with Gasteiger partial charge in [-0.3, -0.25) is 18.6 Å². The fourth-order valence-electron chi connectivity index (χ4n) is 4.51. The number of nitrogens with zero attached hydrogens (tertiary/aromatic N) is 5. The van der Waals surface area contributed by atoms with E-state index in [1.807, 2.05) is 55.5 Å². The molecule has 0 bridgehead atoms. The molecule has 174 valence electrons. The Morgan fingerprint density at radius 1 is 1.21 bits per heavy atom. The Balaban J connectivity index is 1.68. The van der Waals surface area contributed by atoms with E-state index in [1.165, 1.54) is 11.8 Å². The summed E-state index contributed by atoms with van der Waals surface area (Å²) in [6, 6.07) is 9.54. The second kappa shape index (κ2) is 9.52. The number of Topliss-reactive ketones (excluding diaryl/α,β-unsaturated/α-hetero) is 1. The number of methoxy groups -OCH3 is 1. The highest BCUT2D eigenvalue weighted by Crippen LogP contribution is 2.25. The molecule has 1 unspecified atom stereocenters. The number of carbonyl (C=O) groups excluding carboxylic acids is 1. The SMILES string of the molecule is CCCn1c(=O)c2ccccc2n2c(SCC(=O)c3cc(C)n(C(C)COC)c3C)nnc12. The molecular weight excluding hydrogens is 438 g/mol. The molecule has 0 fully saturated rings. The Morgan fingerprint density at radius 2 is 1.97 bits per heavy atom. The van der Waals surface area contributed by atoms with Crippen LogP contribution in [0.25, 0.3) is 16.7 Å². The van der Waals surface area contributed by atoms with E-state index >= 15 is 0 Å². The van der Waals surface area contributed by atoms with Crippen LogP contribution >= 0.6 is 11.8 Å². The van der Waals surface area contributed by atoms with Gasteiger partial charge in [0.15, 0.2) is 10.9 Å². The third-order valence-corrected chi connectivity index (χ3v) is 6.82. The zero-order valence-electron chi connectivity index (χ0n) is 19.7. The Kier molecular flexibility index (Phi) is 6.71. The minimum atomic E-state index is -0.0717. The highest BCUT2D eigenvalue weighted by atomic mass is 32.2. The van der Waals surface area contributed by atoms with Gasteiger partial charge < -0.3 is 9.30 Å². The van der Waals surface area contributed by atoms with Gasteiger partial charge in [-0.05, 0) is 45.4 Å². The van der Waals surface area contributed by atoms with Crippen molar-refractivity contribution in [1.29, 1.82) is 0 Å². The number of ether oxygens (including phenoxy) is 1. The van der Waals surface area contributed by atoms with Gasteiger partial charge in [0.1, 0.15) is 0 Å². The minimum Gasteiger partial charge on any atom is -0.383 e. The standard InChI is InChI=1S/C24H29N5O3S/c1-6-11-27-22(31)18-9-7-8-10-20(18)29-23(27)25-26-24(29)33-14-21(30)19-12-15(2)28(17(19)4)16(3)13-32-5/h7-10,12,16H,6,11,13-14H2,1-5H3. The van der Waals surface area contributed by atoms with Crippen molar-refractivity contribution in [2.75, 3.05) is 19.5 Å². The highest BCUT2D eigenvalue weighted by molar-refractivity contribution is 7.99. The second-order valence-electron chi connectivity index (χ2n) is 8.26. The Bertz CT molecular complexity index is 1380. The number of hydrogen-bond acceptors (Lipinski definition) is 6. The molecule has 8 nitrogen and oxygen atoms in total. The zero-order chi connectivity index (χ0) is 23.7. The first-order valence-corrected chi connectivity index (χ1v) is 12.1. The monoisotopic (exact) mass is 467 g/mol. The summed E-state index contributed by atoms with van der Waals surface area (Å²) in [5, 5.41) is 9.85. The van der Waals surface area contributed by atoms with E-state index in [4.69, 9.17) is 4.74 Å². The maximum absolute atomic E-state index is 13.2. The predicted molar refractivity (Wildman–Crippen MR) is 131 cm³/mol. The number of benzene rings is 1. The van der Waals surface area contributed by atoms with Crippen LogP contribution in [0.4, 0.5) is 0 Å². The normalized spacial score (nSPS) is 12.6. The van der Waals surface area contributed by atoms with Crippen LogP contribution in [0.15, 0.2) is 40.3 Å². The lowest BCUT2D eigenvalue weighted by atomic mass is 10.2. The summed E-state index contributed by atoms with van der Waals surface area (Å²) in [7, 11) is 1.68. The van der Waals surface area contributed by atoms with Crippen molar-refractivity contribution in [2.45, 2.75) is 51.9 Å². The molecule has 9 heteroatoms. The molecule has 0 saturated carbocycles. The van der Waals surface area contributed by atoms with Crippen LogP contribution in [0.3, 0.4) is 0 Å². The van der Waals surface area contributed by atoms with Crippen LogP contribution in [0.1, 0.15) is 48.1 Å². The molecule has 4 aromatic rings. The van der Waals surface area contributed by atoms with Gasteiger partial charge in [-0.1, -0.05) is 30.8 Å². The molecule has 1 atom stereocenters. The number of aromatic nitrogens is 5. The molecule has 33 heavy (non-hydrogen) atoms. The van der Waals surface area contributed by atoms with Crippen LogP contribution in [0, 0.1) is 13.8 Å². The maximum atomic E-state index is 13.2. The fourth-order valence-corrected chi connectivity index (χ4v) is 5.34. The van der Waals surface area contributed by atoms with Crippen molar-refractivity contribution in [3.63, 3.8) is 0 Å². The van der Waals surface area contributed by atoms with E-state index in [9.17, 15) is 9.59 Å². The van der Waals surface area contributed by atoms with Gasteiger partial charge in [-0.25, -0.2) is 0 Å². The van der Waals surface area contributed by atoms with Crippen molar-refractivity contribution < 1.29 is 9.53 Å². The van der Waals surface area contributed by atoms with E-state index in [1.54, 1.807) is 11.7 Å². The van der Waals surface area contributed by atoms with E-state index in [-0.39, 0.29) is 23.1 Å². The smallest absolute Gasteiger partial charge is 0.262 e. The third kappa shape index (κ3) is 4.11. The number of para-hydroxylation sites is 1. The largest absolute Gasteiger partial charge is 0.383 e. The molecule has 0 spiro atoms. The molecule has 1 aromatic carbocycles. The first kappa shape index (κ1) is 23.3. The molecule has 4 rings (SSSR count). The third-order valence-electron chi connectivity index (χ3n) is 5.89. The van der Waals surface area contributed by atoms with E-state index < -0.39 is 0 Å². The number of hydrogen-bond donors (Lipinski definition) is 0. The van der Waals surface area contributed by atoms with E-state index in [0.29, 0.717) is 35.0 Å². The lowest BCUT2D eigenvalue weighted by Crippen LogP contribution is -2.23. The van der Waals surface area contributed by atoms with Gasteiger partial charge in [0.25, 0.3) is 5.56 Å². The first-order chi connectivity index (χ1) is 15.9. The lowest BCUT2D eigenvalue weighted by molar-refractivity contribution is 0.102. The molecule has 3 aromatic heterocycles. The van der Waals surface area contributed by atoms with Gasteiger partial charge >= 0.3 is 0 Å². The Labute approximate surface area is 196 Å². The molecule has 0 aliphatic carbocycles. The van der Waals surface area contributed by atoms with Gasteiger partial charge in [0.2, 0.25) is 5.78 Å². The van der Waals surface area contributed by atoms with E-state index in [0.717, 1.165) is 23.3 Å². The Hall–Kier alpha value is -2.91. The summed E-state index contributed by atoms with van der Waals surface area (Å²) in [6.45, 7) is 9.22. The number of aryl methyl sites for hydroxylation is 2. The van der Waals surface area contributed by atoms with Crippen LogP contribution in [0.5, 0.6) is 0 Å². The summed E-state index contributed by atoms with van der Waals surface area (Å²) in [5.41, 5.74) is 3.36. The van der Waals surface area contributed by atoms with Crippen LogP contribution in [-0.2, 0) is 11.3 Å². The van der Waals surface area contributed by atoms with Crippen LogP contribution in [-0.4, -0.2) is 49.0 Å². The topological polar surface area (TPSA) is 83.4 Å². The van der Waals surface area contributed by atoms with Gasteiger partial charge in [0.05, 0.1) is 29.3 Å². The predicted octanol–water partition coefficient (Wildman–Crippen LogP) is 4.05. The summed E-state index contributed by atoms with van der Waals surface area (Å²) < 4.78 is 11.0. The van der Waals surface area contributed by atoms with Gasteiger partial charge in [-0.15, -0.1) is 10.2 Å². The second-order valence-corrected chi connectivity index (χ2v) is 9.21. The summed E-state index contributed by atoms with van der Waals surface area (Å²) in [6.07, 6.45) is 0.804. The number of fused-ring (bicyclic) bond motifs is 3. The summed E-state index contributed by atoms with van der Waals surface area (Å²) >= 11 is 1.34. The molecule has 0 radical (unpaired) electrons. The number of carbonyl (C=O) groups is 1. The van der Waals surface area contributed by atoms with Crippen molar-refractivity contribution in [1.82, 2.24) is 23.7 Å². The first-order valence-electron chi connectivity index (χ1n) is 11.1. The van der Waals surface area contributed by atoms with Crippen LogP contribution in [0.2, 0.25) is 0 Å². The van der Waals surface area contributed by atoms with Gasteiger partial charge in [-0.2, -0.15) is 0 Å². The summed E-state index contributed by atoms with van der Waals surface area (Å²) in [4.78, 5) is 26.1. The van der Waals surface area contributed by atoms with Crippen molar-refractivity contribution in [3.8, 4) is 0 Å². The van der Waals surface area contributed by atoms with E-state index in [2.05, 4.69) is 21.7 Å². The molecule has 3 heterocycles. The Morgan fingerprint density at radius 3 is 2.70 bits per heavy atom.